The van der Waals surface area contributed by atoms with E-state index in [2.05, 4.69) is 19.9 Å². The summed E-state index contributed by atoms with van der Waals surface area (Å²) in [6, 6.07) is 8.64. The Bertz CT molecular complexity index is 1130. The lowest BCUT2D eigenvalue weighted by atomic mass is 10.1. The van der Waals surface area contributed by atoms with E-state index in [0.29, 0.717) is 41.1 Å². The van der Waals surface area contributed by atoms with Gasteiger partial charge in [-0.3, -0.25) is 19.7 Å². The fraction of sp³-hybridized carbons (Fsp3) is 0.250. The molecular formula is C20H17F3N4OS. The molecule has 0 saturated carbocycles. The van der Waals surface area contributed by atoms with Crippen LogP contribution in [0.25, 0.3) is 11.3 Å². The minimum Gasteiger partial charge on any atom is -0.335 e. The molecule has 0 radical (unpaired) electrons. The predicted octanol–water partition coefficient (Wildman–Crippen LogP) is 4.07. The molecule has 0 aliphatic carbocycles. The number of hydrogen-bond acceptors (Lipinski definition) is 4. The zero-order chi connectivity index (χ0) is 20.6. The number of aromatic nitrogens is 3. The molecule has 2 N–H and O–H groups in total. The largest absolute Gasteiger partial charge is 0.416 e. The summed E-state index contributed by atoms with van der Waals surface area (Å²) in [5.74, 6) is 0. The van der Waals surface area contributed by atoms with E-state index in [4.69, 9.17) is 12.2 Å². The maximum Gasteiger partial charge on any atom is 0.416 e. The SMILES string of the molecule is O=c1[nH]c(=S)[nH]c2c1CN(Cc1ccc(-c3ccc(C(F)(F)F)cc3)nc1)CC2. The topological polar surface area (TPSA) is 64.8 Å². The van der Waals surface area contributed by atoms with Crippen molar-refractivity contribution in [3.63, 3.8) is 0 Å². The summed E-state index contributed by atoms with van der Waals surface area (Å²) in [4.78, 5) is 24.3. The molecule has 5 nitrogen and oxygen atoms in total. The van der Waals surface area contributed by atoms with Gasteiger partial charge in [-0.25, -0.2) is 0 Å². The smallest absolute Gasteiger partial charge is 0.335 e. The van der Waals surface area contributed by atoms with Gasteiger partial charge in [0.2, 0.25) is 0 Å². The maximum atomic E-state index is 12.7. The molecule has 29 heavy (non-hydrogen) atoms. The van der Waals surface area contributed by atoms with Gasteiger partial charge in [0.15, 0.2) is 4.77 Å². The van der Waals surface area contributed by atoms with Crippen molar-refractivity contribution in [3.8, 4) is 11.3 Å². The van der Waals surface area contributed by atoms with Crippen LogP contribution < -0.4 is 5.56 Å². The average Bonchev–Trinajstić information content (AvgIpc) is 2.68. The number of pyridine rings is 1. The molecule has 150 valence electrons. The summed E-state index contributed by atoms with van der Waals surface area (Å²) in [5.41, 5.74) is 2.92. The van der Waals surface area contributed by atoms with Crippen molar-refractivity contribution in [1.82, 2.24) is 19.9 Å². The van der Waals surface area contributed by atoms with Gasteiger partial charge in [0.1, 0.15) is 0 Å². The quantitative estimate of drug-likeness (QED) is 0.630. The van der Waals surface area contributed by atoms with E-state index in [1.54, 1.807) is 12.3 Å². The molecule has 0 atom stereocenters. The summed E-state index contributed by atoms with van der Waals surface area (Å²) in [7, 11) is 0. The van der Waals surface area contributed by atoms with Crippen molar-refractivity contribution >= 4 is 12.2 Å². The highest BCUT2D eigenvalue weighted by Gasteiger charge is 2.30. The van der Waals surface area contributed by atoms with Crippen LogP contribution in [0.4, 0.5) is 13.2 Å². The van der Waals surface area contributed by atoms with Crippen LogP contribution in [0.2, 0.25) is 0 Å². The molecule has 1 aliphatic heterocycles. The zero-order valence-electron chi connectivity index (χ0n) is 15.2. The number of halogens is 3. The van der Waals surface area contributed by atoms with Gasteiger partial charge in [0, 0.05) is 43.5 Å². The number of nitrogens with one attached hydrogen (secondary N) is 2. The fourth-order valence-electron chi connectivity index (χ4n) is 3.42. The minimum absolute atomic E-state index is 0.163. The Morgan fingerprint density at radius 2 is 1.86 bits per heavy atom. The van der Waals surface area contributed by atoms with Gasteiger partial charge in [-0.05, 0) is 36.0 Å². The second-order valence-corrected chi connectivity index (χ2v) is 7.36. The minimum atomic E-state index is -4.35. The van der Waals surface area contributed by atoms with Crippen LogP contribution in [0.5, 0.6) is 0 Å². The molecule has 0 fully saturated rings. The van der Waals surface area contributed by atoms with Crippen molar-refractivity contribution in [1.29, 1.82) is 0 Å². The van der Waals surface area contributed by atoms with Crippen LogP contribution in [0.3, 0.4) is 0 Å². The van der Waals surface area contributed by atoms with Gasteiger partial charge in [0.25, 0.3) is 5.56 Å². The van der Waals surface area contributed by atoms with Gasteiger partial charge in [-0.1, -0.05) is 18.2 Å². The Labute approximate surface area is 169 Å². The third-order valence-corrected chi connectivity index (χ3v) is 5.13. The lowest BCUT2D eigenvalue weighted by Crippen LogP contribution is -2.35. The van der Waals surface area contributed by atoms with Crippen molar-refractivity contribution in [3.05, 3.63) is 80.1 Å². The number of alkyl halides is 3. The Kier molecular flexibility index (Phi) is 5.10. The molecule has 4 rings (SSSR count). The fourth-order valence-corrected chi connectivity index (χ4v) is 3.64. The summed E-state index contributed by atoms with van der Waals surface area (Å²) in [5, 5.41) is 0. The average molecular weight is 418 g/mol. The van der Waals surface area contributed by atoms with Crippen LogP contribution in [0.15, 0.2) is 47.4 Å². The first-order valence-corrected chi connectivity index (χ1v) is 9.40. The van der Waals surface area contributed by atoms with Gasteiger partial charge in [-0.2, -0.15) is 13.2 Å². The number of rotatable bonds is 3. The Balaban J connectivity index is 1.46. The Morgan fingerprint density at radius 1 is 1.10 bits per heavy atom. The Hall–Kier alpha value is -2.78. The monoisotopic (exact) mass is 418 g/mol. The van der Waals surface area contributed by atoms with E-state index in [-0.39, 0.29) is 5.56 Å². The van der Waals surface area contributed by atoms with E-state index in [0.717, 1.165) is 29.9 Å². The standard InChI is InChI=1S/C20H17F3N4OS/c21-20(22,23)14-4-2-13(3-5-14)16-6-1-12(9-24-16)10-27-8-7-17-15(11-27)18(28)26-19(29)25-17/h1-6,9H,7-8,10-11H2,(H2,25,26,28,29). The summed E-state index contributed by atoms with van der Waals surface area (Å²) in [6.45, 7) is 1.91. The second-order valence-electron chi connectivity index (χ2n) is 6.95. The highest BCUT2D eigenvalue weighted by molar-refractivity contribution is 7.71. The Morgan fingerprint density at radius 3 is 2.52 bits per heavy atom. The molecule has 0 saturated heterocycles. The van der Waals surface area contributed by atoms with E-state index >= 15 is 0 Å². The molecule has 9 heteroatoms. The summed E-state index contributed by atoms with van der Waals surface area (Å²) >= 11 is 5.01. The zero-order valence-corrected chi connectivity index (χ0v) is 16.0. The third-order valence-electron chi connectivity index (χ3n) is 4.93. The van der Waals surface area contributed by atoms with Crippen molar-refractivity contribution in [2.24, 2.45) is 0 Å². The predicted molar refractivity (Wildman–Crippen MR) is 105 cm³/mol. The van der Waals surface area contributed by atoms with Crippen LogP contribution in [-0.4, -0.2) is 26.4 Å². The third kappa shape index (κ3) is 4.30. The van der Waals surface area contributed by atoms with Crippen LogP contribution >= 0.6 is 12.2 Å². The first kappa shape index (κ1) is 19.5. The summed E-state index contributed by atoms with van der Waals surface area (Å²) < 4.78 is 38.4. The molecule has 2 aromatic heterocycles. The van der Waals surface area contributed by atoms with Gasteiger partial charge < -0.3 is 4.98 Å². The van der Waals surface area contributed by atoms with Crippen LogP contribution in [-0.2, 0) is 25.7 Å². The molecule has 1 aliphatic rings. The normalized spacial score (nSPS) is 14.6. The molecule has 3 heterocycles. The second kappa shape index (κ2) is 7.57. The molecular weight excluding hydrogens is 401 g/mol. The van der Waals surface area contributed by atoms with Crippen molar-refractivity contribution in [2.45, 2.75) is 25.7 Å². The number of fused-ring (bicyclic) bond motifs is 1. The van der Waals surface area contributed by atoms with Crippen molar-refractivity contribution in [2.75, 3.05) is 6.54 Å². The van der Waals surface area contributed by atoms with Crippen LogP contribution in [0, 0.1) is 4.77 Å². The molecule has 0 amide bonds. The van der Waals surface area contributed by atoms with E-state index in [1.807, 2.05) is 6.07 Å². The number of H-pyrrole nitrogens is 2. The van der Waals surface area contributed by atoms with Gasteiger partial charge >= 0.3 is 6.18 Å². The number of nitrogens with zero attached hydrogens (tertiary/aromatic N) is 2. The highest BCUT2D eigenvalue weighted by Crippen LogP contribution is 2.30. The van der Waals surface area contributed by atoms with Gasteiger partial charge in [-0.15, -0.1) is 0 Å². The molecule has 0 unspecified atom stereocenters. The first-order valence-electron chi connectivity index (χ1n) is 8.99. The number of aromatic amines is 2. The number of hydrogen-bond donors (Lipinski definition) is 2. The van der Waals surface area contributed by atoms with Crippen molar-refractivity contribution < 1.29 is 13.2 Å². The lowest BCUT2D eigenvalue weighted by molar-refractivity contribution is -0.137. The molecule has 3 aromatic rings. The highest BCUT2D eigenvalue weighted by atomic mass is 32.1. The maximum absolute atomic E-state index is 12.7. The lowest BCUT2D eigenvalue weighted by Gasteiger charge is -2.27. The summed E-state index contributed by atoms with van der Waals surface area (Å²) in [6.07, 6.45) is -1.93. The molecule has 0 spiro atoms. The first-order chi connectivity index (χ1) is 13.8. The van der Waals surface area contributed by atoms with E-state index < -0.39 is 11.7 Å². The molecule has 1 aromatic carbocycles. The van der Waals surface area contributed by atoms with E-state index in [1.165, 1.54) is 12.1 Å². The van der Waals surface area contributed by atoms with Gasteiger partial charge in [0.05, 0.1) is 16.8 Å². The number of benzene rings is 1. The molecule has 0 bridgehead atoms. The van der Waals surface area contributed by atoms with E-state index in [9.17, 15) is 18.0 Å². The van der Waals surface area contributed by atoms with Crippen LogP contribution in [0.1, 0.15) is 22.4 Å².